The molecule has 5 heteroatoms. The van der Waals surface area contributed by atoms with Crippen LogP contribution in [0.5, 0.6) is 0 Å². The van der Waals surface area contributed by atoms with E-state index in [1.165, 1.54) is 0 Å². The average molecular weight is 298 g/mol. The van der Waals surface area contributed by atoms with E-state index in [2.05, 4.69) is 34.4 Å². The van der Waals surface area contributed by atoms with Gasteiger partial charge in [-0.2, -0.15) is 0 Å². The van der Waals surface area contributed by atoms with E-state index in [0.29, 0.717) is 11.6 Å². The molecule has 5 nitrogen and oxygen atoms in total. The molecule has 0 aliphatic heterocycles. The Morgan fingerprint density at radius 3 is 2.73 bits per heavy atom. The van der Waals surface area contributed by atoms with Gasteiger partial charge in [0.1, 0.15) is 5.69 Å². The lowest BCUT2D eigenvalue weighted by molar-refractivity contribution is 0.102. The Morgan fingerprint density at radius 1 is 1.23 bits per heavy atom. The maximum atomic E-state index is 12.4. The summed E-state index contributed by atoms with van der Waals surface area (Å²) in [5, 5.41) is 6.09. The summed E-state index contributed by atoms with van der Waals surface area (Å²) in [6, 6.07) is 9.66. The third-order valence-corrected chi connectivity index (χ3v) is 3.52. The number of anilines is 2. The van der Waals surface area contributed by atoms with Crippen LogP contribution >= 0.6 is 0 Å². The molecular weight excluding hydrogens is 276 g/mol. The molecule has 22 heavy (non-hydrogen) atoms. The first kappa shape index (κ1) is 15.9. The van der Waals surface area contributed by atoms with E-state index in [-0.39, 0.29) is 11.9 Å². The summed E-state index contributed by atoms with van der Waals surface area (Å²) < 4.78 is 0. The zero-order valence-corrected chi connectivity index (χ0v) is 13.3. The van der Waals surface area contributed by atoms with Crippen LogP contribution in [0.3, 0.4) is 0 Å². The molecular formula is C17H22N4O. The Hall–Kier alpha value is -2.43. The molecule has 0 spiro atoms. The van der Waals surface area contributed by atoms with Crippen molar-refractivity contribution >= 4 is 17.5 Å². The molecule has 0 aliphatic rings. The van der Waals surface area contributed by atoms with Gasteiger partial charge in [-0.25, -0.2) is 9.97 Å². The fraction of sp³-hybridized carbons (Fsp3) is 0.353. The van der Waals surface area contributed by atoms with Crippen molar-refractivity contribution in [2.24, 2.45) is 0 Å². The molecule has 2 rings (SSSR count). The lowest BCUT2D eigenvalue weighted by atomic mass is 10.1. The fourth-order valence-electron chi connectivity index (χ4n) is 2.01. The second-order valence-corrected chi connectivity index (χ2v) is 5.18. The Morgan fingerprint density at radius 2 is 2.00 bits per heavy atom. The minimum Gasteiger partial charge on any atom is -0.352 e. The van der Waals surface area contributed by atoms with Crippen molar-refractivity contribution in [3.8, 4) is 0 Å². The number of aromatic nitrogens is 2. The SMILES string of the molecule is CCc1ccccc1NC(=O)c1ccnc(NC(C)CC)n1. The Kier molecular flexibility index (Phi) is 5.47. The second kappa shape index (κ2) is 7.54. The molecule has 1 aromatic heterocycles. The number of aryl methyl sites for hydroxylation is 1. The minimum absolute atomic E-state index is 0.226. The van der Waals surface area contributed by atoms with Crippen LogP contribution in [0.1, 0.15) is 43.2 Å². The van der Waals surface area contributed by atoms with Crippen molar-refractivity contribution in [1.29, 1.82) is 0 Å². The first-order valence-electron chi connectivity index (χ1n) is 7.62. The molecule has 1 amide bonds. The molecule has 0 bridgehead atoms. The van der Waals surface area contributed by atoms with Gasteiger partial charge in [0.05, 0.1) is 0 Å². The van der Waals surface area contributed by atoms with Crippen molar-refractivity contribution in [2.75, 3.05) is 10.6 Å². The molecule has 0 saturated heterocycles. The summed E-state index contributed by atoms with van der Waals surface area (Å²) in [6.45, 7) is 6.19. The van der Waals surface area contributed by atoms with Crippen molar-refractivity contribution in [1.82, 2.24) is 9.97 Å². The van der Waals surface area contributed by atoms with Crippen LogP contribution in [0.15, 0.2) is 36.5 Å². The Bertz CT molecular complexity index is 642. The minimum atomic E-state index is -0.226. The number of hydrogen-bond donors (Lipinski definition) is 2. The van der Waals surface area contributed by atoms with Gasteiger partial charge in [-0.05, 0) is 37.5 Å². The highest BCUT2D eigenvalue weighted by atomic mass is 16.1. The Balaban J connectivity index is 2.14. The maximum Gasteiger partial charge on any atom is 0.274 e. The number of carbonyl (C=O) groups is 1. The number of nitrogens with zero attached hydrogens (tertiary/aromatic N) is 2. The van der Waals surface area contributed by atoms with E-state index in [9.17, 15) is 4.79 Å². The molecule has 0 radical (unpaired) electrons. The second-order valence-electron chi connectivity index (χ2n) is 5.18. The quantitative estimate of drug-likeness (QED) is 0.856. The number of carbonyl (C=O) groups excluding carboxylic acids is 1. The number of rotatable bonds is 6. The number of para-hydroxylation sites is 1. The molecule has 0 aliphatic carbocycles. The third kappa shape index (κ3) is 4.04. The van der Waals surface area contributed by atoms with Gasteiger partial charge < -0.3 is 10.6 Å². The largest absolute Gasteiger partial charge is 0.352 e. The van der Waals surface area contributed by atoms with Gasteiger partial charge in [0.15, 0.2) is 0 Å². The predicted octanol–water partition coefficient (Wildman–Crippen LogP) is 3.50. The summed E-state index contributed by atoms with van der Waals surface area (Å²) in [7, 11) is 0. The Labute approximate surface area is 131 Å². The van der Waals surface area contributed by atoms with Gasteiger partial charge in [-0.15, -0.1) is 0 Å². The lowest BCUT2D eigenvalue weighted by Crippen LogP contribution is -2.19. The summed E-state index contributed by atoms with van der Waals surface area (Å²) in [5.74, 6) is 0.251. The van der Waals surface area contributed by atoms with E-state index >= 15 is 0 Å². The van der Waals surface area contributed by atoms with Gasteiger partial charge in [-0.1, -0.05) is 32.0 Å². The molecule has 0 fully saturated rings. The smallest absolute Gasteiger partial charge is 0.274 e. The topological polar surface area (TPSA) is 66.9 Å². The summed E-state index contributed by atoms with van der Waals surface area (Å²) in [6.07, 6.45) is 3.42. The van der Waals surface area contributed by atoms with Gasteiger partial charge in [0, 0.05) is 17.9 Å². The zero-order chi connectivity index (χ0) is 15.9. The van der Waals surface area contributed by atoms with Crippen LogP contribution in [0.2, 0.25) is 0 Å². The molecule has 2 aromatic rings. The monoisotopic (exact) mass is 298 g/mol. The van der Waals surface area contributed by atoms with Gasteiger partial charge >= 0.3 is 0 Å². The standard InChI is InChI=1S/C17H22N4O/c1-4-12(3)19-17-18-11-10-15(21-17)16(22)20-14-9-7-6-8-13(14)5-2/h6-12H,4-5H2,1-3H3,(H,20,22)(H,18,19,21). The first-order chi connectivity index (χ1) is 10.6. The van der Waals surface area contributed by atoms with Crippen molar-refractivity contribution in [3.05, 3.63) is 47.8 Å². The summed E-state index contributed by atoms with van der Waals surface area (Å²) >= 11 is 0. The highest BCUT2D eigenvalue weighted by molar-refractivity contribution is 6.03. The fourth-order valence-corrected chi connectivity index (χ4v) is 2.01. The van der Waals surface area contributed by atoms with Crippen LogP contribution < -0.4 is 10.6 Å². The third-order valence-electron chi connectivity index (χ3n) is 3.52. The first-order valence-corrected chi connectivity index (χ1v) is 7.62. The number of nitrogens with one attached hydrogen (secondary N) is 2. The van der Waals surface area contributed by atoms with E-state index in [0.717, 1.165) is 24.1 Å². The normalized spacial score (nSPS) is 11.8. The predicted molar refractivity (Wildman–Crippen MR) is 89.2 cm³/mol. The van der Waals surface area contributed by atoms with E-state index in [4.69, 9.17) is 0 Å². The van der Waals surface area contributed by atoms with E-state index in [1.807, 2.05) is 31.2 Å². The summed E-state index contributed by atoms with van der Waals surface area (Å²) in [4.78, 5) is 20.8. The molecule has 0 saturated carbocycles. The molecule has 1 atom stereocenters. The van der Waals surface area contributed by atoms with Gasteiger partial charge in [0.25, 0.3) is 5.91 Å². The van der Waals surface area contributed by atoms with Crippen molar-refractivity contribution in [3.63, 3.8) is 0 Å². The summed E-state index contributed by atoms with van der Waals surface area (Å²) in [5.41, 5.74) is 2.28. The highest BCUT2D eigenvalue weighted by Gasteiger charge is 2.11. The van der Waals surface area contributed by atoms with E-state index < -0.39 is 0 Å². The maximum absolute atomic E-state index is 12.4. The zero-order valence-electron chi connectivity index (χ0n) is 13.3. The number of hydrogen-bond acceptors (Lipinski definition) is 4. The van der Waals surface area contributed by atoms with Gasteiger partial charge in [-0.3, -0.25) is 4.79 Å². The van der Waals surface area contributed by atoms with Crippen LogP contribution in [-0.2, 0) is 6.42 Å². The average Bonchev–Trinajstić information content (AvgIpc) is 2.55. The highest BCUT2D eigenvalue weighted by Crippen LogP contribution is 2.16. The number of benzene rings is 1. The molecule has 1 unspecified atom stereocenters. The van der Waals surface area contributed by atoms with Gasteiger partial charge in [0.2, 0.25) is 5.95 Å². The molecule has 2 N–H and O–H groups in total. The molecule has 116 valence electrons. The van der Waals surface area contributed by atoms with Crippen LogP contribution in [-0.4, -0.2) is 21.9 Å². The lowest BCUT2D eigenvalue weighted by Gasteiger charge is -2.12. The van der Waals surface area contributed by atoms with Crippen molar-refractivity contribution < 1.29 is 4.79 Å². The number of amides is 1. The van der Waals surface area contributed by atoms with Crippen molar-refractivity contribution in [2.45, 2.75) is 39.7 Å². The van der Waals surface area contributed by atoms with Crippen LogP contribution in [0.25, 0.3) is 0 Å². The molecule has 1 aromatic carbocycles. The van der Waals surface area contributed by atoms with Crippen LogP contribution in [0, 0.1) is 0 Å². The van der Waals surface area contributed by atoms with Crippen LogP contribution in [0.4, 0.5) is 11.6 Å². The molecule has 1 heterocycles. The van der Waals surface area contributed by atoms with E-state index in [1.54, 1.807) is 12.3 Å².